The average Bonchev–Trinajstić information content (AvgIpc) is 2.29. The van der Waals surface area contributed by atoms with Crippen LogP contribution in [0.4, 0.5) is 0 Å². The molecule has 1 fully saturated rings. The summed E-state index contributed by atoms with van der Waals surface area (Å²) in [7, 11) is 0. The number of hydrogen-bond acceptors (Lipinski definition) is 2. The molecule has 2 rings (SSSR count). The molecule has 0 amide bonds. The SMILES string of the molecule is CCC1CNCCC1(O)Cc1cccc(Br)c1. The first kappa shape index (κ1) is 13.1. The van der Waals surface area contributed by atoms with Crippen molar-refractivity contribution in [2.45, 2.75) is 31.8 Å². The van der Waals surface area contributed by atoms with E-state index in [-0.39, 0.29) is 0 Å². The molecule has 0 spiro atoms. The van der Waals surface area contributed by atoms with E-state index < -0.39 is 5.60 Å². The predicted octanol–water partition coefficient (Wildman–Crippen LogP) is 2.74. The standard InChI is InChI=1S/C14H20BrNO/c1-2-12-10-16-7-6-14(12,17)9-11-4-3-5-13(15)8-11/h3-5,8,12,16-17H,2,6-7,9-10H2,1H3. The quantitative estimate of drug-likeness (QED) is 0.899. The molecule has 2 unspecified atom stereocenters. The van der Waals surface area contributed by atoms with Crippen molar-refractivity contribution in [2.24, 2.45) is 5.92 Å². The zero-order valence-electron chi connectivity index (χ0n) is 10.2. The van der Waals surface area contributed by atoms with Gasteiger partial charge in [0.1, 0.15) is 0 Å². The minimum atomic E-state index is -0.541. The van der Waals surface area contributed by atoms with Gasteiger partial charge in [-0.1, -0.05) is 35.0 Å². The average molecular weight is 298 g/mol. The van der Waals surface area contributed by atoms with Crippen LogP contribution in [-0.4, -0.2) is 23.8 Å². The van der Waals surface area contributed by atoms with Crippen LogP contribution in [0.15, 0.2) is 28.7 Å². The Morgan fingerprint density at radius 2 is 2.35 bits per heavy atom. The lowest BCUT2D eigenvalue weighted by Gasteiger charge is -2.40. The monoisotopic (exact) mass is 297 g/mol. The van der Waals surface area contributed by atoms with Crippen LogP contribution in [-0.2, 0) is 6.42 Å². The van der Waals surface area contributed by atoms with Gasteiger partial charge in [-0.15, -0.1) is 0 Å². The molecular formula is C14H20BrNO. The van der Waals surface area contributed by atoms with Gasteiger partial charge in [0, 0.05) is 23.4 Å². The van der Waals surface area contributed by atoms with E-state index in [0.29, 0.717) is 5.92 Å². The zero-order valence-corrected chi connectivity index (χ0v) is 11.8. The highest BCUT2D eigenvalue weighted by Gasteiger charge is 2.37. The molecule has 0 aliphatic carbocycles. The first-order chi connectivity index (χ1) is 8.14. The van der Waals surface area contributed by atoms with Crippen LogP contribution in [0.2, 0.25) is 0 Å². The number of halogens is 1. The second-order valence-electron chi connectivity index (χ2n) is 4.97. The summed E-state index contributed by atoms with van der Waals surface area (Å²) in [5, 5.41) is 14.2. The topological polar surface area (TPSA) is 32.3 Å². The summed E-state index contributed by atoms with van der Waals surface area (Å²) in [5.74, 6) is 0.357. The highest BCUT2D eigenvalue weighted by atomic mass is 79.9. The predicted molar refractivity (Wildman–Crippen MR) is 74.1 cm³/mol. The summed E-state index contributed by atoms with van der Waals surface area (Å²) in [5.41, 5.74) is 0.670. The molecule has 2 atom stereocenters. The second-order valence-corrected chi connectivity index (χ2v) is 5.89. The van der Waals surface area contributed by atoms with Crippen molar-refractivity contribution in [1.82, 2.24) is 5.32 Å². The van der Waals surface area contributed by atoms with Gasteiger partial charge < -0.3 is 10.4 Å². The van der Waals surface area contributed by atoms with Crippen molar-refractivity contribution in [3.05, 3.63) is 34.3 Å². The Kier molecular flexibility index (Phi) is 4.23. The summed E-state index contributed by atoms with van der Waals surface area (Å²) in [6.07, 6.45) is 2.63. The number of nitrogens with one attached hydrogen (secondary N) is 1. The molecular weight excluding hydrogens is 278 g/mol. The van der Waals surface area contributed by atoms with Crippen LogP contribution < -0.4 is 5.32 Å². The number of benzene rings is 1. The molecule has 1 heterocycles. The van der Waals surface area contributed by atoms with Crippen LogP contribution >= 0.6 is 15.9 Å². The van der Waals surface area contributed by atoms with Crippen molar-refractivity contribution >= 4 is 15.9 Å². The van der Waals surface area contributed by atoms with Gasteiger partial charge in [-0.2, -0.15) is 0 Å². The van der Waals surface area contributed by atoms with Crippen molar-refractivity contribution in [2.75, 3.05) is 13.1 Å². The van der Waals surface area contributed by atoms with Crippen molar-refractivity contribution < 1.29 is 5.11 Å². The number of aliphatic hydroxyl groups is 1. The first-order valence-electron chi connectivity index (χ1n) is 6.31. The Balaban J connectivity index is 2.14. The molecule has 1 aromatic rings. The minimum absolute atomic E-state index is 0.357. The van der Waals surface area contributed by atoms with Gasteiger partial charge in [0.2, 0.25) is 0 Å². The van der Waals surface area contributed by atoms with E-state index in [0.717, 1.165) is 36.8 Å². The highest BCUT2D eigenvalue weighted by Crippen LogP contribution is 2.31. The fourth-order valence-electron chi connectivity index (χ4n) is 2.73. The number of rotatable bonds is 3. The van der Waals surface area contributed by atoms with Gasteiger partial charge >= 0.3 is 0 Å². The van der Waals surface area contributed by atoms with Crippen molar-refractivity contribution in [3.63, 3.8) is 0 Å². The highest BCUT2D eigenvalue weighted by molar-refractivity contribution is 9.10. The third kappa shape index (κ3) is 3.09. The third-order valence-electron chi connectivity index (χ3n) is 3.78. The van der Waals surface area contributed by atoms with Crippen LogP contribution in [0.25, 0.3) is 0 Å². The number of hydrogen-bond donors (Lipinski definition) is 2. The molecule has 0 saturated carbocycles. The smallest absolute Gasteiger partial charge is 0.0740 e. The Hall–Kier alpha value is -0.380. The number of piperidine rings is 1. The molecule has 3 heteroatoms. The lowest BCUT2D eigenvalue weighted by Crippen LogP contribution is -2.51. The van der Waals surface area contributed by atoms with Gasteiger partial charge in [0.15, 0.2) is 0 Å². The maximum Gasteiger partial charge on any atom is 0.0740 e. The fourth-order valence-corrected chi connectivity index (χ4v) is 3.18. The van der Waals surface area contributed by atoms with Gasteiger partial charge in [-0.25, -0.2) is 0 Å². The molecule has 0 aromatic heterocycles. The molecule has 1 aliphatic rings. The normalized spacial score (nSPS) is 29.2. The first-order valence-corrected chi connectivity index (χ1v) is 7.11. The van der Waals surface area contributed by atoms with Gasteiger partial charge in [-0.05, 0) is 37.1 Å². The molecule has 1 saturated heterocycles. The van der Waals surface area contributed by atoms with E-state index in [1.807, 2.05) is 12.1 Å². The zero-order chi connectivity index (χ0) is 12.3. The van der Waals surface area contributed by atoms with E-state index in [9.17, 15) is 5.11 Å². The van der Waals surface area contributed by atoms with Crippen LogP contribution in [0, 0.1) is 5.92 Å². The van der Waals surface area contributed by atoms with E-state index in [1.165, 1.54) is 5.56 Å². The Labute approximate surface area is 112 Å². The Morgan fingerprint density at radius 1 is 1.53 bits per heavy atom. The van der Waals surface area contributed by atoms with Crippen LogP contribution in [0.1, 0.15) is 25.3 Å². The summed E-state index contributed by atoms with van der Waals surface area (Å²) in [4.78, 5) is 0. The Bertz CT molecular complexity index is 382. The lowest BCUT2D eigenvalue weighted by atomic mass is 9.76. The van der Waals surface area contributed by atoms with E-state index in [1.54, 1.807) is 0 Å². The largest absolute Gasteiger partial charge is 0.389 e. The molecule has 17 heavy (non-hydrogen) atoms. The summed E-state index contributed by atoms with van der Waals surface area (Å²) < 4.78 is 1.08. The third-order valence-corrected chi connectivity index (χ3v) is 4.27. The lowest BCUT2D eigenvalue weighted by molar-refractivity contribution is -0.0414. The molecule has 2 nitrogen and oxygen atoms in total. The second kappa shape index (κ2) is 5.51. The van der Waals surface area contributed by atoms with Crippen molar-refractivity contribution in [1.29, 1.82) is 0 Å². The molecule has 0 radical (unpaired) electrons. The maximum atomic E-state index is 10.8. The molecule has 0 bridgehead atoms. The van der Waals surface area contributed by atoms with Gasteiger partial charge in [0.05, 0.1) is 5.60 Å². The Morgan fingerprint density at radius 3 is 3.06 bits per heavy atom. The fraction of sp³-hybridized carbons (Fsp3) is 0.571. The van der Waals surface area contributed by atoms with Gasteiger partial charge in [0.25, 0.3) is 0 Å². The van der Waals surface area contributed by atoms with E-state index in [2.05, 4.69) is 40.3 Å². The summed E-state index contributed by atoms with van der Waals surface area (Å²) in [6.45, 7) is 4.01. The molecule has 1 aromatic carbocycles. The molecule has 94 valence electrons. The van der Waals surface area contributed by atoms with E-state index >= 15 is 0 Å². The maximum absolute atomic E-state index is 10.8. The summed E-state index contributed by atoms with van der Waals surface area (Å²) in [6, 6.07) is 8.25. The molecule has 2 N–H and O–H groups in total. The van der Waals surface area contributed by atoms with Crippen LogP contribution in [0.5, 0.6) is 0 Å². The van der Waals surface area contributed by atoms with Crippen LogP contribution in [0.3, 0.4) is 0 Å². The van der Waals surface area contributed by atoms with Crippen molar-refractivity contribution in [3.8, 4) is 0 Å². The minimum Gasteiger partial charge on any atom is -0.389 e. The van der Waals surface area contributed by atoms with Gasteiger partial charge in [-0.3, -0.25) is 0 Å². The van der Waals surface area contributed by atoms with E-state index in [4.69, 9.17) is 0 Å². The summed E-state index contributed by atoms with van der Waals surface area (Å²) >= 11 is 3.48. The molecule has 1 aliphatic heterocycles.